The Morgan fingerprint density at radius 3 is 3.17 bits per heavy atom. The highest BCUT2D eigenvalue weighted by Crippen LogP contribution is 2.15. The Balaban J connectivity index is 1.59. The molecule has 1 fully saturated rings. The maximum atomic E-state index is 5.68. The van der Waals surface area contributed by atoms with Gasteiger partial charge in [0.25, 0.3) is 0 Å². The van der Waals surface area contributed by atoms with Crippen molar-refractivity contribution >= 4 is 11.3 Å². The number of ether oxygens (including phenoxy) is 1. The van der Waals surface area contributed by atoms with Gasteiger partial charge in [-0.2, -0.15) is 0 Å². The molecule has 0 radical (unpaired) electrons. The van der Waals surface area contributed by atoms with Gasteiger partial charge in [0.1, 0.15) is 0 Å². The molecule has 3 nitrogen and oxygen atoms in total. The van der Waals surface area contributed by atoms with Crippen LogP contribution in [0.3, 0.4) is 0 Å². The largest absolute Gasteiger partial charge is 0.377 e. The fraction of sp³-hybridized carbons (Fsp3) is 0.714. The molecule has 102 valence electrons. The molecule has 1 N–H and O–H groups in total. The van der Waals surface area contributed by atoms with E-state index in [1.165, 1.54) is 17.7 Å². The van der Waals surface area contributed by atoms with Crippen molar-refractivity contribution in [2.24, 2.45) is 0 Å². The Labute approximate surface area is 114 Å². The van der Waals surface area contributed by atoms with Crippen molar-refractivity contribution < 1.29 is 4.74 Å². The predicted octanol–water partition coefficient (Wildman–Crippen LogP) is 2.34. The summed E-state index contributed by atoms with van der Waals surface area (Å²) in [6, 6.07) is 4.79. The summed E-state index contributed by atoms with van der Waals surface area (Å²) in [6.45, 7) is 6.33. The second kappa shape index (κ2) is 7.24. The zero-order valence-corrected chi connectivity index (χ0v) is 12.2. The van der Waals surface area contributed by atoms with Crippen molar-refractivity contribution in [2.45, 2.75) is 38.5 Å². The van der Waals surface area contributed by atoms with Gasteiger partial charge in [-0.1, -0.05) is 6.07 Å². The smallest absolute Gasteiger partial charge is 0.0726 e. The number of thiophene rings is 1. The lowest BCUT2D eigenvalue weighted by atomic mass is 10.1. The van der Waals surface area contributed by atoms with Crippen LogP contribution in [0.4, 0.5) is 0 Å². The summed E-state index contributed by atoms with van der Waals surface area (Å²) in [6.07, 6.45) is 2.85. The number of nitrogens with one attached hydrogen (secondary N) is 1. The van der Waals surface area contributed by atoms with Gasteiger partial charge in [0.15, 0.2) is 0 Å². The van der Waals surface area contributed by atoms with Crippen molar-refractivity contribution in [3.05, 3.63) is 22.4 Å². The lowest BCUT2D eigenvalue weighted by Gasteiger charge is -2.22. The highest BCUT2D eigenvalue weighted by molar-refractivity contribution is 7.09. The molecule has 0 aromatic carbocycles. The van der Waals surface area contributed by atoms with Gasteiger partial charge in [-0.15, -0.1) is 11.3 Å². The van der Waals surface area contributed by atoms with Gasteiger partial charge in [0.2, 0.25) is 0 Å². The van der Waals surface area contributed by atoms with Gasteiger partial charge in [0.05, 0.1) is 6.10 Å². The van der Waals surface area contributed by atoms with Gasteiger partial charge < -0.3 is 15.0 Å². The molecule has 1 saturated heterocycles. The molecule has 1 aromatic rings. The minimum atomic E-state index is 0.424. The number of nitrogens with zero attached hydrogens (tertiary/aromatic N) is 1. The molecule has 4 heteroatoms. The predicted molar refractivity (Wildman–Crippen MR) is 77.1 cm³/mol. The van der Waals surface area contributed by atoms with Crippen LogP contribution in [0.5, 0.6) is 0 Å². The second-order valence-electron chi connectivity index (χ2n) is 5.11. The Kier molecular flexibility index (Phi) is 5.63. The van der Waals surface area contributed by atoms with Crippen LogP contribution in [-0.2, 0) is 11.3 Å². The third-order valence-electron chi connectivity index (χ3n) is 3.49. The van der Waals surface area contributed by atoms with Gasteiger partial charge in [-0.25, -0.2) is 0 Å². The molecule has 2 heterocycles. The van der Waals surface area contributed by atoms with Crippen molar-refractivity contribution in [2.75, 3.05) is 26.7 Å². The van der Waals surface area contributed by atoms with Crippen molar-refractivity contribution in [1.29, 1.82) is 0 Å². The summed E-state index contributed by atoms with van der Waals surface area (Å²) in [5, 5.41) is 5.71. The van der Waals surface area contributed by atoms with Crippen molar-refractivity contribution in [1.82, 2.24) is 10.2 Å². The first kappa shape index (κ1) is 14.0. The van der Waals surface area contributed by atoms with Gasteiger partial charge >= 0.3 is 0 Å². The highest BCUT2D eigenvalue weighted by atomic mass is 32.1. The van der Waals surface area contributed by atoms with Crippen molar-refractivity contribution in [3.8, 4) is 0 Å². The van der Waals surface area contributed by atoms with Gasteiger partial charge in [0, 0.05) is 37.2 Å². The SMILES string of the molecule is CC(NCCN(C)Cc1cccs1)C1CCCO1. The topological polar surface area (TPSA) is 24.5 Å². The van der Waals surface area contributed by atoms with Gasteiger partial charge in [-0.3, -0.25) is 0 Å². The Hall–Kier alpha value is -0.420. The summed E-state index contributed by atoms with van der Waals surface area (Å²) < 4.78 is 5.68. The Morgan fingerprint density at radius 1 is 1.61 bits per heavy atom. The average Bonchev–Trinajstić information content (AvgIpc) is 3.00. The van der Waals surface area contributed by atoms with Crippen LogP contribution in [0.25, 0.3) is 0 Å². The van der Waals surface area contributed by atoms with E-state index in [1.807, 2.05) is 11.3 Å². The lowest BCUT2D eigenvalue weighted by molar-refractivity contribution is 0.0829. The molecular weight excluding hydrogens is 244 g/mol. The molecule has 1 aliphatic rings. The van der Waals surface area contributed by atoms with E-state index in [2.05, 4.69) is 41.7 Å². The quantitative estimate of drug-likeness (QED) is 0.821. The maximum Gasteiger partial charge on any atom is 0.0726 e. The van der Waals surface area contributed by atoms with Crippen molar-refractivity contribution in [3.63, 3.8) is 0 Å². The van der Waals surface area contributed by atoms with E-state index < -0.39 is 0 Å². The molecular formula is C14H24N2OS. The fourth-order valence-electron chi connectivity index (χ4n) is 2.36. The normalized spacial score (nSPS) is 21.6. The molecule has 2 unspecified atom stereocenters. The molecule has 2 rings (SSSR count). The van der Waals surface area contributed by atoms with E-state index in [0.717, 1.165) is 26.2 Å². The maximum absolute atomic E-state index is 5.68. The Morgan fingerprint density at radius 2 is 2.50 bits per heavy atom. The fourth-order valence-corrected chi connectivity index (χ4v) is 3.14. The summed E-state index contributed by atoms with van der Waals surface area (Å²) in [4.78, 5) is 3.80. The average molecular weight is 268 g/mol. The van der Waals surface area contributed by atoms with E-state index >= 15 is 0 Å². The van der Waals surface area contributed by atoms with E-state index in [0.29, 0.717) is 12.1 Å². The summed E-state index contributed by atoms with van der Waals surface area (Å²) in [5.41, 5.74) is 0. The summed E-state index contributed by atoms with van der Waals surface area (Å²) in [7, 11) is 2.18. The molecule has 0 spiro atoms. The van der Waals surface area contributed by atoms with E-state index in [9.17, 15) is 0 Å². The number of likely N-dealkylation sites (N-methyl/N-ethyl adjacent to an activating group) is 1. The molecule has 0 bridgehead atoms. The third-order valence-corrected chi connectivity index (χ3v) is 4.35. The van der Waals surface area contributed by atoms with Crippen LogP contribution < -0.4 is 5.32 Å². The lowest BCUT2D eigenvalue weighted by Crippen LogP contribution is -2.40. The van der Waals surface area contributed by atoms with E-state index in [-0.39, 0.29) is 0 Å². The first-order valence-corrected chi connectivity index (χ1v) is 7.69. The van der Waals surface area contributed by atoms with Gasteiger partial charge in [-0.05, 0) is 38.3 Å². The monoisotopic (exact) mass is 268 g/mol. The highest BCUT2D eigenvalue weighted by Gasteiger charge is 2.21. The van der Waals surface area contributed by atoms with Crippen LogP contribution >= 0.6 is 11.3 Å². The van der Waals surface area contributed by atoms with Crippen LogP contribution in [-0.4, -0.2) is 43.8 Å². The molecule has 2 atom stereocenters. The summed E-state index contributed by atoms with van der Waals surface area (Å²) in [5.74, 6) is 0. The third kappa shape index (κ3) is 4.35. The standard InChI is InChI=1S/C14H24N2OS/c1-12(14-6-3-9-17-14)15-7-8-16(2)11-13-5-4-10-18-13/h4-5,10,12,14-15H,3,6-9,11H2,1-2H3. The zero-order valence-electron chi connectivity index (χ0n) is 11.4. The van der Waals surface area contributed by atoms with E-state index in [4.69, 9.17) is 4.74 Å². The molecule has 0 saturated carbocycles. The zero-order chi connectivity index (χ0) is 12.8. The second-order valence-corrected chi connectivity index (χ2v) is 6.14. The first-order valence-electron chi connectivity index (χ1n) is 6.81. The summed E-state index contributed by atoms with van der Waals surface area (Å²) >= 11 is 1.83. The first-order chi connectivity index (χ1) is 8.75. The molecule has 1 aromatic heterocycles. The Bertz CT molecular complexity index is 323. The van der Waals surface area contributed by atoms with Crippen LogP contribution in [0.1, 0.15) is 24.6 Å². The van der Waals surface area contributed by atoms with Crippen LogP contribution in [0.15, 0.2) is 17.5 Å². The molecule has 18 heavy (non-hydrogen) atoms. The number of rotatable bonds is 7. The molecule has 0 amide bonds. The molecule has 0 aliphatic carbocycles. The van der Waals surface area contributed by atoms with E-state index in [1.54, 1.807) is 0 Å². The number of hydrogen-bond donors (Lipinski definition) is 1. The van der Waals surface area contributed by atoms with Crippen LogP contribution in [0.2, 0.25) is 0 Å². The minimum absolute atomic E-state index is 0.424. The van der Waals surface area contributed by atoms with Crippen LogP contribution in [0, 0.1) is 0 Å². The minimum Gasteiger partial charge on any atom is -0.377 e. The molecule has 1 aliphatic heterocycles. The number of hydrogen-bond acceptors (Lipinski definition) is 4.